The van der Waals surface area contributed by atoms with Crippen molar-refractivity contribution in [3.8, 4) is 0 Å². The molecule has 0 saturated carbocycles. The van der Waals surface area contributed by atoms with Gasteiger partial charge in [0.1, 0.15) is 0 Å². The summed E-state index contributed by atoms with van der Waals surface area (Å²) >= 11 is 0. The SMILES string of the molecule is CCC(CC)(CN)NC(=O)c1ccc(CC2CC(=O)NC2=O)cc1. The van der Waals surface area contributed by atoms with E-state index in [-0.39, 0.29) is 35.6 Å². The minimum Gasteiger partial charge on any atom is -0.345 e. The Morgan fingerprint density at radius 2 is 1.88 bits per heavy atom. The van der Waals surface area contributed by atoms with Crippen LogP contribution in [0, 0.1) is 5.92 Å². The lowest BCUT2D eigenvalue weighted by atomic mass is 9.92. The standard InChI is InChI=1S/C18H25N3O3/c1-3-18(4-2,11-19)21-17(24)13-7-5-12(6-8-13)9-14-10-15(22)20-16(14)23/h5-8,14H,3-4,9-11,19H2,1-2H3,(H,21,24)(H,20,22,23). The number of benzene rings is 1. The van der Waals surface area contributed by atoms with Crippen molar-refractivity contribution in [2.75, 3.05) is 6.54 Å². The van der Waals surface area contributed by atoms with Gasteiger partial charge in [-0.05, 0) is 37.0 Å². The number of nitrogens with one attached hydrogen (secondary N) is 2. The Balaban J connectivity index is 2.02. The molecular weight excluding hydrogens is 306 g/mol. The Morgan fingerprint density at radius 3 is 2.33 bits per heavy atom. The van der Waals surface area contributed by atoms with E-state index in [0.29, 0.717) is 18.5 Å². The Bertz CT molecular complexity index is 613. The van der Waals surface area contributed by atoms with Crippen molar-refractivity contribution in [3.63, 3.8) is 0 Å². The molecule has 6 heteroatoms. The number of imide groups is 1. The fourth-order valence-electron chi connectivity index (χ4n) is 2.93. The Morgan fingerprint density at radius 1 is 1.25 bits per heavy atom. The molecule has 24 heavy (non-hydrogen) atoms. The van der Waals surface area contributed by atoms with Crippen LogP contribution in [-0.2, 0) is 16.0 Å². The average Bonchev–Trinajstić information content (AvgIpc) is 2.90. The molecule has 0 spiro atoms. The zero-order valence-corrected chi connectivity index (χ0v) is 14.2. The maximum atomic E-state index is 12.4. The van der Waals surface area contributed by atoms with Crippen LogP contribution in [0.2, 0.25) is 0 Å². The highest BCUT2D eigenvalue weighted by Gasteiger charge is 2.30. The number of carbonyl (C=O) groups excluding carboxylic acids is 3. The molecule has 1 unspecified atom stereocenters. The largest absolute Gasteiger partial charge is 0.345 e. The molecule has 2 rings (SSSR count). The molecule has 1 fully saturated rings. The van der Waals surface area contributed by atoms with Gasteiger partial charge < -0.3 is 11.1 Å². The Labute approximate surface area is 142 Å². The minimum atomic E-state index is -0.377. The first-order valence-electron chi connectivity index (χ1n) is 8.38. The van der Waals surface area contributed by atoms with Gasteiger partial charge in [0, 0.05) is 18.5 Å². The predicted octanol–water partition coefficient (Wildman–Crippen LogP) is 1.14. The summed E-state index contributed by atoms with van der Waals surface area (Å²) in [6, 6.07) is 7.14. The van der Waals surface area contributed by atoms with Gasteiger partial charge in [-0.15, -0.1) is 0 Å². The van der Waals surface area contributed by atoms with Crippen molar-refractivity contribution < 1.29 is 14.4 Å². The fourth-order valence-corrected chi connectivity index (χ4v) is 2.93. The lowest BCUT2D eigenvalue weighted by Gasteiger charge is -2.31. The van der Waals surface area contributed by atoms with Crippen LogP contribution in [0.25, 0.3) is 0 Å². The summed E-state index contributed by atoms with van der Waals surface area (Å²) in [7, 11) is 0. The maximum Gasteiger partial charge on any atom is 0.251 e. The molecule has 130 valence electrons. The summed E-state index contributed by atoms with van der Waals surface area (Å²) < 4.78 is 0. The molecule has 0 aromatic heterocycles. The molecular formula is C18H25N3O3. The van der Waals surface area contributed by atoms with Crippen molar-refractivity contribution in [2.45, 2.75) is 45.1 Å². The number of amides is 3. The molecule has 1 atom stereocenters. The highest BCUT2D eigenvalue weighted by molar-refractivity contribution is 6.03. The van der Waals surface area contributed by atoms with Gasteiger partial charge in [0.25, 0.3) is 5.91 Å². The van der Waals surface area contributed by atoms with Crippen LogP contribution >= 0.6 is 0 Å². The second-order valence-corrected chi connectivity index (χ2v) is 6.36. The molecule has 6 nitrogen and oxygen atoms in total. The number of rotatable bonds is 7. The van der Waals surface area contributed by atoms with E-state index >= 15 is 0 Å². The highest BCUT2D eigenvalue weighted by Crippen LogP contribution is 2.19. The molecule has 0 aliphatic carbocycles. The predicted molar refractivity (Wildman–Crippen MR) is 91.2 cm³/mol. The maximum absolute atomic E-state index is 12.4. The molecule has 1 aliphatic heterocycles. The van der Waals surface area contributed by atoms with E-state index in [2.05, 4.69) is 10.6 Å². The zero-order valence-electron chi connectivity index (χ0n) is 14.2. The van der Waals surface area contributed by atoms with Crippen LogP contribution in [0.1, 0.15) is 49.0 Å². The summed E-state index contributed by atoms with van der Waals surface area (Å²) in [5.41, 5.74) is 6.93. The van der Waals surface area contributed by atoms with Gasteiger partial charge in [-0.25, -0.2) is 0 Å². The van der Waals surface area contributed by atoms with Gasteiger partial charge in [0.05, 0.1) is 11.5 Å². The van der Waals surface area contributed by atoms with E-state index in [4.69, 9.17) is 5.73 Å². The van der Waals surface area contributed by atoms with Crippen LogP contribution in [0.3, 0.4) is 0 Å². The summed E-state index contributed by atoms with van der Waals surface area (Å²) in [5, 5.41) is 5.34. The average molecular weight is 331 g/mol. The van der Waals surface area contributed by atoms with E-state index in [0.717, 1.165) is 18.4 Å². The molecule has 1 aromatic rings. The van der Waals surface area contributed by atoms with E-state index in [1.165, 1.54) is 0 Å². The van der Waals surface area contributed by atoms with Gasteiger partial charge in [-0.1, -0.05) is 26.0 Å². The number of nitrogens with two attached hydrogens (primary N) is 1. The molecule has 0 radical (unpaired) electrons. The molecule has 1 aliphatic rings. The molecule has 1 saturated heterocycles. The summed E-state index contributed by atoms with van der Waals surface area (Å²) in [5.74, 6) is -0.912. The third-order valence-electron chi connectivity index (χ3n) is 4.89. The minimum absolute atomic E-state index is 0.149. The van der Waals surface area contributed by atoms with Crippen molar-refractivity contribution in [1.82, 2.24) is 10.6 Å². The Hall–Kier alpha value is -2.21. The fraction of sp³-hybridized carbons (Fsp3) is 0.500. The molecule has 1 heterocycles. The first-order valence-corrected chi connectivity index (χ1v) is 8.38. The van der Waals surface area contributed by atoms with E-state index in [1.54, 1.807) is 12.1 Å². The first-order chi connectivity index (χ1) is 11.4. The van der Waals surface area contributed by atoms with Crippen molar-refractivity contribution in [1.29, 1.82) is 0 Å². The van der Waals surface area contributed by atoms with Gasteiger partial charge in [0.15, 0.2) is 0 Å². The first kappa shape index (κ1) is 18.1. The third-order valence-corrected chi connectivity index (χ3v) is 4.89. The van der Waals surface area contributed by atoms with Crippen molar-refractivity contribution >= 4 is 17.7 Å². The van der Waals surface area contributed by atoms with Gasteiger partial charge in [-0.2, -0.15) is 0 Å². The highest BCUT2D eigenvalue weighted by atomic mass is 16.2. The summed E-state index contributed by atoms with van der Waals surface area (Å²) in [6.07, 6.45) is 2.27. The monoisotopic (exact) mass is 331 g/mol. The van der Waals surface area contributed by atoms with Crippen LogP contribution in [-0.4, -0.2) is 29.8 Å². The van der Waals surface area contributed by atoms with Crippen LogP contribution < -0.4 is 16.4 Å². The lowest BCUT2D eigenvalue weighted by Crippen LogP contribution is -2.52. The molecule has 0 bridgehead atoms. The topological polar surface area (TPSA) is 101 Å². The smallest absolute Gasteiger partial charge is 0.251 e. The van der Waals surface area contributed by atoms with E-state index in [9.17, 15) is 14.4 Å². The number of hydrogen-bond acceptors (Lipinski definition) is 4. The Kier molecular flexibility index (Phi) is 5.72. The van der Waals surface area contributed by atoms with Gasteiger partial charge in [0.2, 0.25) is 11.8 Å². The van der Waals surface area contributed by atoms with Gasteiger partial charge >= 0.3 is 0 Å². The second-order valence-electron chi connectivity index (χ2n) is 6.36. The van der Waals surface area contributed by atoms with E-state index < -0.39 is 0 Å². The van der Waals surface area contributed by atoms with E-state index in [1.807, 2.05) is 26.0 Å². The normalized spacial score (nSPS) is 17.7. The molecule has 4 N–H and O–H groups in total. The quantitative estimate of drug-likeness (QED) is 0.652. The van der Waals surface area contributed by atoms with Crippen LogP contribution in [0.15, 0.2) is 24.3 Å². The molecule has 3 amide bonds. The number of hydrogen-bond donors (Lipinski definition) is 3. The zero-order chi connectivity index (χ0) is 17.7. The van der Waals surface area contributed by atoms with Crippen molar-refractivity contribution in [2.24, 2.45) is 11.7 Å². The van der Waals surface area contributed by atoms with Crippen molar-refractivity contribution in [3.05, 3.63) is 35.4 Å². The van der Waals surface area contributed by atoms with Gasteiger partial charge in [-0.3, -0.25) is 19.7 Å². The number of carbonyl (C=O) groups is 3. The third kappa shape index (κ3) is 4.00. The van der Waals surface area contributed by atoms with Crippen LogP contribution in [0.5, 0.6) is 0 Å². The summed E-state index contributed by atoms with van der Waals surface area (Å²) in [6.45, 7) is 4.41. The van der Waals surface area contributed by atoms with Crippen LogP contribution in [0.4, 0.5) is 0 Å². The lowest BCUT2D eigenvalue weighted by molar-refractivity contribution is -0.125. The second kappa shape index (κ2) is 7.57. The summed E-state index contributed by atoms with van der Waals surface area (Å²) in [4.78, 5) is 35.2. The molecule has 1 aromatic carbocycles.